The summed E-state index contributed by atoms with van der Waals surface area (Å²) in [6.07, 6.45) is 1.16. The van der Waals surface area contributed by atoms with E-state index >= 15 is 0 Å². The van der Waals surface area contributed by atoms with Crippen molar-refractivity contribution in [3.63, 3.8) is 0 Å². The molecular weight excluding hydrogens is 276 g/mol. The molecule has 1 saturated heterocycles. The minimum absolute atomic E-state index is 0.0270. The van der Waals surface area contributed by atoms with Crippen molar-refractivity contribution in [3.8, 4) is 0 Å². The van der Waals surface area contributed by atoms with E-state index in [9.17, 15) is 13.2 Å². The molecule has 1 amide bonds. The van der Waals surface area contributed by atoms with Gasteiger partial charge in [0.25, 0.3) is 5.91 Å². The molecule has 5 nitrogen and oxygen atoms in total. The number of hydrogen-bond acceptors (Lipinski definition) is 4. The molecule has 0 unspecified atom stereocenters. The molecule has 110 valence electrons. The highest BCUT2D eigenvalue weighted by Gasteiger charge is 2.21. The number of carbonyl (C=O) groups is 1. The van der Waals surface area contributed by atoms with Crippen molar-refractivity contribution in [3.05, 3.63) is 29.8 Å². The number of nitrogens with zero attached hydrogens (tertiary/aromatic N) is 2. The molecule has 1 fully saturated rings. The standard InChI is InChI=1S/C14H20N2O3S/c1-3-15-8-10-16(11-9-15)14(17)12-4-6-13(7-5-12)20(2,18)19/h4-7H,3,8-11H2,1-2H3. The summed E-state index contributed by atoms with van der Waals surface area (Å²) in [7, 11) is -3.21. The van der Waals surface area contributed by atoms with E-state index in [0.29, 0.717) is 5.56 Å². The van der Waals surface area contributed by atoms with Crippen LogP contribution in [0.4, 0.5) is 0 Å². The summed E-state index contributed by atoms with van der Waals surface area (Å²) >= 11 is 0. The van der Waals surface area contributed by atoms with Gasteiger partial charge in [0.15, 0.2) is 9.84 Å². The normalized spacial score (nSPS) is 17.2. The Bertz CT molecular complexity index is 573. The maximum absolute atomic E-state index is 12.3. The number of likely N-dealkylation sites (N-methyl/N-ethyl adjacent to an activating group) is 1. The number of amides is 1. The Morgan fingerprint density at radius 2 is 1.65 bits per heavy atom. The van der Waals surface area contributed by atoms with Crippen molar-refractivity contribution < 1.29 is 13.2 Å². The molecule has 1 aromatic carbocycles. The minimum Gasteiger partial charge on any atom is -0.336 e. The number of carbonyl (C=O) groups excluding carboxylic acids is 1. The largest absolute Gasteiger partial charge is 0.336 e. The lowest BCUT2D eigenvalue weighted by molar-refractivity contribution is 0.0643. The van der Waals surface area contributed by atoms with Crippen LogP contribution in [0, 0.1) is 0 Å². The van der Waals surface area contributed by atoms with Gasteiger partial charge in [0.2, 0.25) is 0 Å². The summed E-state index contributed by atoms with van der Waals surface area (Å²) in [5.41, 5.74) is 0.544. The van der Waals surface area contributed by atoms with E-state index in [1.54, 1.807) is 12.1 Å². The van der Waals surface area contributed by atoms with Gasteiger partial charge in [0, 0.05) is 38.0 Å². The van der Waals surface area contributed by atoms with Gasteiger partial charge in [-0.1, -0.05) is 6.92 Å². The Morgan fingerprint density at radius 1 is 1.10 bits per heavy atom. The summed E-state index contributed by atoms with van der Waals surface area (Å²) < 4.78 is 22.8. The second kappa shape index (κ2) is 5.93. The van der Waals surface area contributed by atoms with E-state index in [1.807, 2.05) is 4.90 Å². The summed E-state index contributed by atoms with van der Waals surface area (Å²) in [5, 5.41) is 0. The highest BCUT2D eigenvalue weighted by Crippen LogP contribution is 2.13. The smallest absolute Gasteiger partial charge is 0.253 e. The molecule has 0 spiro atoms. The third kappa shape index (κ3) is 3.37. The lowest BCUT2D eigenvalue weighted by Gasteiger charge is -2.34. The van der Waals surface area contributed by atoms with Gasteiger partial charge in [-0.3, -0.25) is 4.79 Å². The van der Waals surface area contributed by atoms with Gasteiger partial charge >= 0.3 is 0 Å². The Kier molecular flexibility index (Phi) is 4.45. The van der Waals surface area contributed by atoms with E-state index in [2.05, 4.69) is 11.8 Å². The lowest BCUT2D eigenvalue weighted by Crippen LogP contribution is -2.48. The van der Waals surface area contributed by atoms with E-state index in [-0.39, 0.29) is 10.8 Å². The average Bonchev–Trinajstić information content (AvgIpc) is 2.46. The molecule has 1 aliphatic heterocycles. The molecule has 0 N–H and O–H groups in total. The van der Waals surface area contributed by atoms with E-state index in [4.69, 9.17) is 0 Å². The zero-order chi connectivity index (χ0) is 14.8. The summed E-state index contributed by atoms with van der Waals surface area (Å²) in [6.45, 7) is 6.35. The maximum Gasteiger partial charge on any atom is 0.253 e. The molecule has 0 atom stereocenters. The Morgan fingerprint density at radius 3 is 2.10 bits per heavy atom. The third-order valence-corrected chi connectivity index (χ3v) is 4.76. The summed E-state index contributed by atoms with van der Waals surface area (Å²) in [4.78, 5) is 16.7. The number of sulfone groups is 1. The van der Waals surface area contributed by atoms with Crippen molar-refractivity contribution in [2.45, 2.75) is 11.8 Å². The van der Waals surface area contributed by atoms with Crippen LogP contribution in [-0.2, 0) is 9.84 Å². The molecule has 0 bridgehead atoms. The molecule has 0 radical (unpaired) electrons. The Labute approximate surface area is 120 Å². The van der Waals surface area contributed by atoms with Crippen molar-refractivity contribution in [2.75, 3.05) is 39.0 Å². The average molecular weight is 296 g/mol. The molecule has 1 aromatic rings. The quantitative estimate of drug-likeness (QED) is 0.830. The highest BCUT2D eigenvalue weighted by atomic mass is 32.2. The van der Waals surface area contributed by atoms with Crippen LogP contribution in [0.1, 0.15) is 17.3 Å². The first-order chi connectivity index (χ1) is 9.41. The fourth-order valence-electron chi connectivity index (χ4n) is 2.29. The minimum atomic E-state index is -3.21. The van der Waals surface area contributed by atoms with Gasteiger partial charge in [0.1, 0.15) is 0 Å². The van der Waals surface area contributed by atoms with Crippen molar-refractivity contribution >= 4 is 15.7 Å². The molecule has 0 saturated carbocycles. The maximum atomic E-state index is 12.3. The van der Waals surface area contributed by atoms with E-state index in [1.165, 1.54) is 12.1 Å². The van der Waals surface area contributed by atoms with E-state index < -0.39 is 9.84 Å². The Balaban J connectivity index is 2.07. The molecule has 1 heterocycles. The van der Waals surface area contributed by atoms with Crippen LogP contribution in [-0.4, -0.2) is 63.1 Å². The SMILES string of the molecule is CCN1CCN(C(=O)c2ccc(S(C)(=O)=O)cc2)CC1. The van der Waals surface area contributed by atoms with Gasteiger partial charge in [0.05, 0.1) is 4.90 Å². The van der Waals surface area contributed by atoms with Gasteiger partial charge in [-0.25, -0.2) is 8.42 Å². The lowest BCUT2D eigenvalue weighted by atomic mass is 10.2. The molecule has 1 aliphatic rings. The van der Waals surface area contributed by atoms with Crippen LogP contribution < -0.4 is 0 Å². The molecule has 6 heteroatoms. The molecule has 20 heavy (non-hydrogen) atoms. The molecule has 0 aromatic heterocycles. The second-order valence-corrected chi connectivity index (χ2v) is 7.04. The Hall–Kier alpha value is -1.40. The predicted octanol–water partition coefficient (Wildman–Crippen LogP) is 0.868. The van der Waals surface area contributed by atoms with Crippen LogP contribution in [0.2, 0.25) is 0 Å². The first kappa shape index (κ1) is 15.0. The van der Waals surface area contributed by atoms with Crippen molar-refractivity contribution in [1.82, 2.24) is 9.80 Å². The van der Waals surface area contributed by atoms with E-state index in [0.717, 1.165) is 39.0 Å². The number of piperazine rings is 1. The van der Waals surface area contributed by atoms with Crippen molar-refractivity contribution in [2.24, 2.45) is 0 Å². The second-order valence-electron chi connectivity index (χ2n) is 5.02. The van der Waals surface area contributed by atoms with Crippen LogP contribution in [0.5, 0.6) is 0 Å². The van der Waals surface area contributed by atoms with Crippen molar-refractivity contribution in [1.29, 1.82) is 0 Å². The number of rotatable bonds is 3. The first-order valence-corrected chi connectivity index (χ1v) is 8.62. The fraction of sp³-hybridized carbons (Fsp3) is 0.500. The van der Waals surface area contributed by atoms with Gasteiger partial charge < -0.3 is 9.80 Å². The molecular formula is C14H20N2O3S. The van der Waals surface area contributed by atoms with Crippen LogP contribution >= 0.6 is 0 Å². The van der Waals surface area contributed by atoms with Crippen LogP contribution in [0.25, 0.3) is 0 Å². The third-order valence-electron chi connectivity index (χ3n) is 3.64. The summed E-state index contributed by atoms with van der Waals surface area (Å²) in [5.74, 6) is -0.0270. The van der Waals surface area contributed by atoms with Crippen LogP contribution in [0.15, 0.2) is 29.2 Å². The first-order valence-electron chi connectivity index (χ1n) is 6.73. The molecule has 2 rings (SSSR count). The fourth-order valence-corrected chi connectivity index (χ4v) is 2.92. The monoisotopic (exact) mass is 296 g/mol. The summed E-state index contributed by atoms with van der Waals surface area (Å²) in [6, 6.07) is 6.16. The zero-order valence-corrected chi connectivity index (χ0v) is 12.7. The predicted molar refractivity (Wildman–Crippen MR) is 77.6 cm³/mol. The number of benzene rings is 1. The van der Waals surface area contributed by atoms with Gasteiger partial charge in [-0.15, -0.1) is 0 Å². The van der Waals surface area contributed by atoms with Gasteiger partial charge in [-0.05, 0) is 30.8 Å². The van der Waals surface area contributed by atoms with Gasteiger partial charge in [-0.2, -0.15) is 0 Å². The topological polar surface area (TPSA) is 57.7 Å². The molecule has 0 aliphatic carbocycles. The zero-order valence-electron chi connectivity index (χ0n) is 11.9. The highest BCUT2D eigenvalue weighted by molar-refractivity contribution is 7.90. The van der Waals surface area contributed by atoms with Crippen LogP contribution in [0.3, 0.4) is 0 Å². The number of hydrogen-bond donors (Lipinski definition) is 0.